The van der Waals surface area contributed by atoms with Crippen LogP contribution in [0.3, 0.4) is 0 Å². The molecule has 190 valence electrons. The fourth-order valence-corrected chi connectivity index (χ4v) is 5.77. The van der Waals surface area contributed by atoms with Crippen LogP contribution in [0.25, 0.3) is 5.70 Å². The van der Waals surface area contributed by atoms with Gasteiger partial charge in [0.15, 0.2) is 0 Å². The van der Waals surface area contributed by atoms with E-state index in [1.807, 2.05) is 24.7 Å². The Balaban J connectivity index is 1.20. The molecule has 1 fully saturated rings. The van der Waals surface area contributed by atoms with Gasteiger partial charge in [0.2, 0.25) is 5.95 Å². The number of nitrogens with zero attached hydrogens (tertiary/aromatic N) is 5. The molecule has 1 saturated heterocycles. The molecule has 2 aliphatic heterocycles. The first-order valence-electron chi connectivity index (χ1n) is 12.2. The zero-order valence-electron chi connectivity index (χ0n) is 20.6. The van der Waals surface area contributed by atoms with Crippen LogP contribution in [-0.4, -0.2) is 49.6 Å². The highest BCUT2D eigenvalue weighted by Gasteiger charge is 2.33. The lowest BCUT2D eigenvalue weighted by molar-refractivity contribution is 0.102. The zero-order chi connectivity index (χ0) is 25.2. The predicted octanol–water partition coefficient (Wildman–Crippen LogP) is 5.91. The average Bonchev–Trinajstić information content (AvgIpc) is 3.30. The standard InChI is InChI=1S/C26H31ClFN7S/c1-16-10-21(7-9-35(16)17(2)18-6-8-29-25(11-18)33-36-3)34-14-19-13-30-26(32-24(19)15-34)31-20-4-5-23(28)22(27)12-20/h6,8,11-13,16,21H,2,4-5,7,9-10,14-15H2,1,3H3,(H,29,33)(H,30,31,32)/t16-,21+/m1/s1. The molecule has 1 aliphatic carbocycles. The number of halogens is 2. The predicted molar refractivity (Wildman–Crippen MR) is 146 cm³/mol. The molecule has 7 nitrogen and oxygen atoms in total. The molecule has 0 amide bonds. The zero-order valence-corrected chi connectivity index (χ0v) is 22.2. The number of piperidine rings is 1. The van der Waals surface area contributed by atoms with Gasteiger partial charge in [0, 0.05) is 79.3 Å². The van der Waals surface area contributed by atoms with E-state index in [-0.39, 0.29) is 10.9 Å². The monoisotopic (exact) mass is 527 g/mol. The fraction of sp³-hybridized carbons (Fsp3) is 0.423. The molecule has 10 heteroatoms. The van der Waals surface area contributed by atoms with Crippen LogP contribution in [0.2, 0.25) is 0 Å². The molecule has 0 radical (unpaired) electrons. The van der Waals surface area contributed by atoms with Crippen molar-refractivity contribution in [2.45, 2.75) is 57.8 Å². The summed E-state index contributed by atoms with van der Waals surface area (Å²) >= 11 is 7.48. The van der Waals surface area contributed by atoms with Crippen LogP contribution in [0, 0.1) is 0 Å². The Hall–Kier alpha value is -2.62. The number of hydrogen-bond acceptors (Lipinski definition) is 8. The number of pyridine rings is 1. The van der Waals surface area contributed by atoms with Crippen molar-refractivity contribution in [3.05, 3.63) is 70.6 Å². The first kappa shape index (κ1) is 25.0. The second kappa shape index (κ2) is 10.8. The van der Waals surface area contributed by atoms with Crippen molar-refractivity contribution in [1.82, 2.24) is 24.8 Å². The molecule has 2 aromatic rings. The van der Waals surface area contributed by atoms with Gasteiger partial charge in [-0.25, -0.2) is 19.3 Å². The summed E-state index contributed by atoms with van der Waals surface area (Å²) < 4.78 is 16.7. The number of anilines is 2. The lowest BCUT2D eigenvalue weighted by Crippen LogP contribution is -2.46. The molecule has 0 bridgehead atoms. The van der Waals surface area contributed by atoms with Crippen LogP contribution in [0.15, 0.2) is 53.7 Å². The highest BCUT2D eigenvalue weighted by Crippen LogP contribution is 2.33. The minimum absolute atomic E-state index is 0.153. The lowest BCUT2D eigenvalue weighted by Gasteiger charge is -2.43. The van der Waals surface area contributed by atoms with Crippen molar-refractivity contribution in [3.8, 4) is 0 Å². The van der Waals surface area contributed by atoms with E-state index in [0.717, 1.165) is 60.9 Å². The van der Waals surface area contributed by atoms with E-state index in [9.17, 15) is 4.39 Å². The van der Waals surface area contributed by atoms with Crippen LogP contribution in [-0.2, 0) is 13.1 Å². The molecule has 0 saturated carbocycles. The van der Waals surface area contributed by atoms with Gasteiger partial charge in [-0.2, -0.15) is 0 Å². The molecule has 36 heavy (non-hydrogen) atoms. The molecule has 3 aliphatic rings. The van der Waals surface area contributed by atoms with Crippen molar-refractivity contribution >= 4 is 41.0 Å². The van der Waals surface area contributed by atoms with Gasteiger partial charge in [0.05, 0.1) is 10.7 Å². The molecule has 4 heterocycles. The SMILES string of the molecule is C=C(c1ccnc(NSC)c1)N1CC[C@H](N2Cc3cnc(NC4=CC(Cl)=C(F)CC4)nc3C2)C[C@H]1C. The number of allylic oxidation sites excluding steroid dienone is 4. The van der Waals surface area contributed by atoms with Crippen LogP contribution in [0.5, 0.6) is 0 Å². The van der Waals surface area contributed by atoms with Crippen LogP contribution in [0.4, 0.5) is 16.2 Å². The van der Waals surface area contributed by atoms with Crippen molar-refractivity contribution in [1.29, 1.82) is 0 Å². The van der Waals surface area contributed by atoms with Crippen molar-refractivity contribution < 1.29 is 4.39 Å². The van der Waals surface area contributed by atoms with Crippen molar-refractivity contribution in [3.63, 3.8) is 0 Å². The number of nitrogens with one attached hydrogen (secondary N) is 2. The van der Waals surface area contributed by atoms with Gasteiger partial charge in [0.25, 0.3) is 0 Å². The second-order valence-electron chi connectivity index (χ2n) is 9.52. The third kappa shape index (κ3) is 5.38. The highest BCUT2D eigenvalue weighted by molar-refractivity contribution is 7.99. The maximum absolute atomic E-state index is 13.5. The molecule has 2 N–H and O–H groups in total. The van der Waals surface area contributed by atoms with Crippen LogP contribution < -0.4 is 10.0 Å². The highest BCUT2D eigenvalue weighted by atomic mass is 35.5. The molecule has 2 aromatic heterocycles. The second-order valence-corrected chi connectivity index (χ2v) is 10.5. The van der Waals surface area contributed by atoms with Crippen molar-refractivity contribution in [2.24, 2.45) is 0 Å². The Labute approximate surface area is 221 Å². The maximum Gasteiger partial charge on any atom is 0.227 e. The van der Waals surface area contributed by atoms with Crippen molar-refractivity contribution in [2.75, 3.05) is 22.8 Å². The van der Waals surface area contributed by atoms with Gasteiger partial charge < -0.3 is 14.9 Å². The Morgan fingerprint density at radius 1 is 1.28 bits per heavy atom. The van der Waals surface area contributed by atoms with Crippen LogP contribution >= 0.6 is 23.5 Å². The summed E-state index contributed by atoms with van der Waals surface area (Å²) in [6.45, 7) is 9.33. The van der Waals surface area contributed by atoms with Gasteiger partial charge in [0.1, 0.15) is 11.6 Å². The van der Waals surface area contributed by atoms with Crippen LogP contribution in [0.1, 0.15) is 49.4 Å². The minimum Gasteiger partial charge on any atom is -0.369 e. The maximum atomic E-state index is 13.5. The first-order chi connectivity index (χ1) is 17.4. The number of aromatic nitrogens is 3. The van der Waals surface area contributed by atoms with E-state index in [1.54, 1.807) is 6.08 Å². The molecule has 0 spiro atoms. The van der Waals surface area contributed by atoms with E-state index >= 15 is 0 Å². The molecular weight excluding hydrogens is 497 g/mol. The first-order valence-corrected chi connectivity index (χ1v) is 13.8. The normalized spacial score (nSPS) is 22.3. The third-order valence-electron chi connectivity index (χ3n) is 7.14. The van der Waals surface area contributed by atoms with Gasteiger partial charge in [-0.1, -0.05) is 30.1 Å². The quantitative estimate of drug-likeness (QED) is 0.431. The number of hydrogen-bond donors (Lipinski definition) is 2. The number of rotatable bonds is 7. The van der Waals surface area contributed by atoms with E-state index in [0.29, 0.717) is 30.9 Å². The van der Waals surface area contributed by atoms with Gasteiger partial charge in [-0.05, 0) is 44.4 Å². The molecule has 5 rings (SSSR count). The summed E-state index contributed by atoms with van der Waals surface area (Å²) in [5.41, 5.74) is 5.21. The smallest absolute Gasteiger partial charge is 0.227 e. The lowest BCUT2D eigenvalue weighted by atomic mass is 9.95. The summed E-state index contributed by atoms with van der Waals surface area (Å²) in [5.74, 6) is 1.12. The van der Waals surface area contributed by atoms with E-state index in [1.165, 1.54) is 17.5 Å². The minimum atomic E-state index is -0.269. The fourth-order valence-electron chi connectivity index (χ4n) is 5.22. The number of likely N-dealkylation sites (tertiary alicyclic amines) is 1. The van der Waals surface area contributed by atoms with Gasteiger partial charge >= 0.3 is 0 Å². The van der Waals surface area contributed by atoms with Gasteiger partial charge in [-0.3, -0.25) is 4.90 Å². The summed E-state index contributed by atoms with van der Waals surface area (Å²) in [7, 11) is 0. The summed E-state index contributed by atoms with van der Waals surface area (Å²) in [5, 5.41) is 3.37. The molecule has 0 aromatic carbocycles. The summed E-state index contributed by atoms with van der Waals surface area (Å²) in [6.07, 6.45) is 10.3. The Bertz CT molecular complexity index is 1220. The summed E-state index contributed by atoms with van der Waals surface area (Å²) in [4.78, 5) is 18.6. The van der Waals surface area contributed by atoms with E-state index in [4.69, 9.17) is 16.6 Å². The Morgan fingerprint density at radius 2 is 2.14 bits per heavy atom. The molecule has 2 atom stereocenters. The van der Waals surface area contributed by atoms with Gasteiger partial charge in [-0.15, -0.1) is 0 Å². The molecule has 0 unspecified atom stereocenters. The largest absolute Gasteiger partial charge is 0.369 e. The summed E-state index contributed by atoms with van der Waals surface area (Å²) in [6, 6.07) is 4.94. The van der Waals surface area contributed by atoms with E-state index in [2.05, 4.69) is 49.4 Å². The molecular formula is C26H31ClFN7S. The number of fused-ring (bicyclic) bond motifs is 1. The Kier molecular flexibility index (Phi) is 7.50. The Morgan fingerprint density at radius 3 is 2.92 bits per heavy atom. The topological polar surface area (TPSA) is 69.2 Å². The average molecular weight is 528 g/mol. The van der Waals surface area contributed by atoms with E-state index < -0.39 is 0 Å². The third-order valence-corrected chi connectivity index (χ3v) is 7.87.